The van der Waals surface area contributed by atoms with Crippen molar-refractivity contribution in [2.75, 3.05) is 6.54 Å². The molecule has 7 heteroatoms. The van der Waals surface area contributed by atoms with E-state index in [-0.39, 0.29) is 23.5 Å². The summed E-state index contributed by atoms with van der Waals surface area (Å²) in [5.74, 6) is 1.39. The summed E-state index contributed by atoms with van der Waals surface area (Å²) in [5, 5.41) is 19.4. The highest BCUT2D eigenvalue weighted by Crippen LogP contribution is 2.48. The fourth-order valence-corrected chi connectivity index (χ4v) is 3.18. The van der Waals surface area contributed by atoms with Crippen molar-refractivity contribution in [2.45, 2.75) is 32.2 Å². The van der Waals surface area contributed by atoms with Crippen molar-refractivity contribution >= 4 is 18.1 Å². The summed E-state index contributed by atoms with van der Waals surface area (Å²) in [6.07, 6.45) is 1.49. The number of nitrogens with zero attached hydrogens (tertiary/aromatic N) is 2. The Morgan fingerprint density at radius 2 is 2.39 bits per heavy atom. The Labute approximate surface area is 139 Å². The molecule has 1 aliphatic rings. The zero-order chi connectivity index (χ0) is 16.4. The lowest BCUT2D eigenvalue weighted by Gasteiger charge is -2.06. The summed E-state index contributed by atoms with van der Waals surface area (Å²) in [4.78, 5) is 12.2. The number of aromatic hydroxyl groups is 1. The topological polar surface area (TPSA) is 82.9 Å². The first kappa shape index (κ1) is 15.7. The molecular formula is C16H20N4O2S. The Balaban J connectivity index is 1.50. The second-order valence-electron chi connectivity index (χ2n) is 5.77. The van der Waals surface area contributed by atoms with Crippen LogP contribution in [0.3, 0.4) is 0 Å². The third-order valence-electron chi connectivity index (χ3n) is 4.23. The highest BCUT2D eigenvalue weighted by molar-refractivity contribution is 7.71. The average molecular weight is 332 g/mol. The van der Waals surface area contributed by atoms with Gasteiger partial charge in [-0.2, -0.15) is 5.10 Å². The maximum atomic E-state index is 12.2. The molecule has 1 heterocycles. The van der Waals surface area contributed by atoms with E-state index in [1.54, 1.807) is 12.1 Å². The van der Waals surface area contributed by atoms with Gasteiger partial charge in [0.25, 0.3) is 0 Å². The van der Waals surface area contributed by atoms with Crippen molar-refractivity contribution in [2.24, 2.45) is 5.92 Å². The van der Waals surface area contributed by atoms with E-state index in [9.17, 15) is 9.90 Å². The molecule has 0 radical (unpaired) electrons. The number of carbonyl (C=O) groups excluding carboxylic acids is 1. The number of hydrogen-bond acceptors (Lipinski definition) is 4. The molecule has 0 aliphatic heterocycles. The summed E-state index contributed by atoms with van der Waals surface area (Å²) >= 11 is 5.14. The molecule has 1 fully saturated rings. The highest BCUT2D eigenvalue weighted by Gasteiger charge is 2.43. The molecule has 0 spiro atoms. The molecule has 23 heavy (non-hydrogen) atoms. The second-order valence-corrected chi connectivity index (χ2v) is 6.16. The van der Waals surface area contributed by atoms with Crippen LogP contribution >= 0.6 is 12.2 Å². The average Bonchev–Trinajstić information content (AvgIpc) is 3.26. The number of phenolic OH excluding ortho intramolecular Hbond substituents is 1. The van der Waals surface area contributed by atoms with Crippen LogP contribution in [0, 0.1) is 10.7 Å². The van der Waals surface area contributed by atoms with Gasteiger partial charge in [0.05, 0.1) is 0 Å². The minimum Gasteiger partial charge on any atom is -0.508 e. The van der Waals surface area contributed by atoms with E-state index in [1.807, 2.05) is 23.6 Å². The molecule has 1 aromatic carbocycles. The third kappa shape index (κ3) is 3.44. The standard InChI is InChI=1S/C16H20N4O2S/c1-2-20-14(18-19-16(20)23)6-7-17-15(22)13-9-12(13)10-4-3-5-11(21)8-10/h3-5,8,12-13,21H,2,6-7,9H2,1H3,(H,17,22)(H,19,23)/t12-,13+/m1/s1. The molecule has 6 nitrogen and oxygen atoms in total. The van der Waals surface area contributed by atoms with Crippen molar-refractivity contribution in [3.05, 3.63) is 40.4 Å². The van der Waals surface area contributed by atoms with Crippen LogP contribution in [0.15, 0.2) is 24.3 Å². The summed E-state index contributed by atoms with van der Waals surface area (Å²) in [7, 11) is 0. The zero-order valence-corrected chi connectivity index (χ0v) is 13.8. The molecule has 0 bridgehead atoms. The number of H-pyrrole nitrogens is 1. The molecule has 0 saturated heterocycles. The maximum absolute atomic E-state index is 12.2. The van der Waals surface area contributed by atoms with E-state index in [0.717, 1.165) is 24.4 Å². The highest BCUT2D eigenvalue weighted by atomic mass is 32.1. The normalized spacial score (nSPS) is 19.5. The maximum Gasteiger partial charge on any atom is 0.223 e. The lowest BCUT2D eigenvalue weighted by atomic mass is 10.1. The van der Waals surface area contributed by atoms with Crippen molar-refractivity contribution in [1.82, 2.24) is 20.1 Å². The predicted molar refractivity (Wildman–Crippen MR) is 88.8 cm³/mol. The predicted octanol–water partition coefficient (Wildman–Crippen LogP) is 2.13. The SMILES string of the molecule is CCn1c(CCNC(=O)[C@H]2C[C@@H]2c2cccc(O)c2)n[nH]c1=S. The van der Waals surface area contributed by atoms with Crippen molar-refractivity contribution in [1.29, 1.82) is 0 Å². The van der Waals surface area contributed by atoms with E-state index in [4.69, 9.17) is 12.2 Å². The van der Waals surface area contributed by atoms with Crippen LogP contribution in [0.4, 0.5) is 0 Å². The fourth-order valence-electron chi connectivity index (χ4n) is 2.90. The van der Waals surface area contributed by atoms with Gasteiger partial charge in [0, 0.05) is 25.4 Å². The number of benzene rings is 1. The van der Waals surface area contributed by atoms with Gasteiger partial charge in [0.15, 0.2) is 4.77 Å². The van der Waals surface area contributed by atoms with Crippen molar-refractivity contribution in [3.63, 3.8) is 0 Å². The van der Waals surface area contributed by atoms with Crippen LogP contribution in [0.2, 0.25) is 0 Å². The number of aromatic amines is 1. The summed E-state index contributed by atoms with van der Waals surface area (Å²) in [5.41, 5.74) is 1.03. The Bertz CT molecular complexity index is 767. The Morgan fingerprint density at radius 1 is 1.57 bits per heavy atom. The summed E-state index contributed by atoms with van der Waals surface area (Å²) < 4.78 is 2.54. The molecule has 1 amide bonds. The number of phenols is 1. The lowest BCUT2D eigenvalue weighted by Crippen LogP contribution is -2.28. The van der Waals surface area contributed by atoms with Gasteiger partial charge in [-0.15, -0.1) is 0 Å². The van der Waals surface area contributed by atoms with E-state index < -0.39 is 0 Å². The minimum absolute atomic E-state index is 0.00352. The molecule has 2 aromatic rings. The number of rotatable bonds is 6. The van der Waals surface area contributed by atoms with E-state index in [1.165, 1.54) is 0 Å². The molecule has 3 N–H and O–H groups in total. The van der Waals surface area contributed by atoms with Crippen LogP contribution in [0.5, 0.6) is 5.75 Å². The van der Waals surface area contributed by atoms with Crippen LogP contribution < -0.4 is 5.32 Å². The number of nitrogens with one attached hydrogen (secondary N) is 2. The smallest absolute Gasteiger partial charge is 0.223 e. The monoisotopic (exact) mass is 332 g/mol. The van der Waals surface area contributed by atoms with Crippen molar-refractivity contribution in [3.8, 4) is 5.75 Å². The Kier molecular flexibility index (Phi) is 4.47. The summed E-state index contributed by atoms with van der Waals surface area (Å²) in [6, 6.07) is 7.14. The first-order valence-electron chi connectivity index (χ1n) is 7.81. The molecule has 3 rings (SSSR count). The van der Waals surface area contributed by atoms with Crippen LogP contribution in [-0.2, 0) is 17.8 Å². The van der Waals surface area contributed by atoms with Gasteiger partial charge < -0.3 is 15.0 Å². The quantitative estimate of drug-likeness (QED) is 0.708. The first-order valence-corrected chi connectivity index (χ1v) is 8.21. The zero-order valence-electron chi connectivity index (χ0n) is 13.0. The van der Waals surface area contributed by atoms with Crippen LogP contribution in [0.1, 0.15) is 30.7 Å². The van der Waals surface area contributed by atoms with E-state index in [2.05, 4.69) is 15.5 Å². The van der Waals surface area contributed by atoms with Gasteiger partial charge in [-0.1, -0.05) is 12.1 Å². The van der Waals surface area contributed by atoms with E-state index >= 15 is 0 Å². The molecule has 122 valence electrons. The molecular weight excluding hydrogens is 312 g/mol. The van der Waals surface area contributed by atoms with Gasteiger partial charge in [-0.25, -0.2) is 0 Å². The third-order valence-corrected chi connectivity index (χ3v) is 4.54. The number of aromatic nitrogens is 3. The number of carbonyl (C=O) groups is 1. The minimum atomic E-state index is 0.00352. The Morgan fingerprint density at radius 3 is 3.13 bits per heavy atom. The molecule has 0 unspecified atom stereocenters. The largest absolute Gasteiger partial charge is 0.508 e. The lowest BCUT2D eigenvalue weighted by molar-refractivity contribution is -0.122. The molecule has 1 saturated carbocycles. The first-order chi connectivity index (χ1) is 11.1. The van der Waals surface area contributed by atoms with E-state index in [0.29, 0.717) is 17.7 Å². The molecule has 1 aliphatic carbocycles. The summed E-state index contributed by atoms with van der Waals surface area (Å²) in [6.45, 7) is 3.32. The van der Waals surface area contributed by atoms with Gasteiger partial charge >= 0.3 is 0 Å². The molecule has 2 atom stereocenters. The molecule has 1 aromatic heterocycles. The fraction of sp³-hybridized carbons (Fsp3) is 0.438. The second kappa shape index (κ2) is 6.54. The van der Waals surface area contributed by atoms with Gasteiger partial charge in [0.2, 0.25) is 5.91 Å². The Hall–Kier alpha value is -2.15. The van der Waals surface area contributed by atoms with Gasteiger partial charge in [-0.05, 0) is 49.2 Å². The van der Waals surface area contributed by atoms with Crippen LogP contribution in [-0.4, -0.2) is 32.3 Å². The number of hydrogen-bond donors (Lipinski definition) is 3. The number of amides is 1. The van der Waals surface area contributed by atoms with Gasteiger partial charge in [-0.3, -0.25) is 9.89 Å². The van der Waals surface area contributed by atoms with Gasteiger partial charge in [0.1, 0.15) is 11.6 Å². The van der Waals surface area contributed by atoms with Crippen LogP contribution in [0.25, 0.3) is 0 Å². The van der Waals surface area contributed by atoms with Crippen molar-refractivity contribution < 1.29 is 9.90 Å².